The average Bonchev–Trinajstić information content (AvgIpc) is 2.91. The summed E-state index contributed by atoms with van der Waals surface area (Å²) in [7, 11) is 1.53. The van der Waals surface area contributed by atoms with Gasteiger partial charge in [0.1, 0.15) is 8.71 Å². The fourth-order valence-electron chi connectivity index (χ4n) is 1.75. The summed E-state index contributed by atoms with van der Waals surface area (Å²) < 4.78 is 7.95. The molecule has 0 spiro atoms. The van der Waals surface area contributed by atoms with Crippen molar-refractivity contribution in [3.8, 4) is 22.1 Å². The zero-order valence-corrected chi connectivity index (χ0v) is 13.2. The molecule has 98 valence electrons. The first-order chi connectivity index (χ1) is 9.10. The number of phenolic OH excluding ortho intramolecular Hbond substituents is 1. The Morgan fingerprint density at radius 3 is 2.89 bits per heavy atom. The fraction of sp³-hybridized carbons (Fsp3) is 0.167. The standard InChI is InChI=1S/C12H10IN3O2S/c1-6-10(13)16-12(14-6)19-11(15-16)7-3-4-8(17)9(5-7)18-2/h3-5,17H,1-2H3. The van der Waals surface area contributed by atoms with Crippen LogP contribution in [-0.2, 0) is 0 Å². The summed E-state index contributed by atoms with van der Waals surface area (Å²) in [5, 5.41) is 15.0. The van der Waals surface area contributed by atoms with Gasteiger partial charge in [0.25, 0.3) is 0 Å². The summed E-state index contributed by atoms with van der Waals surface area (Å²) in [6.07, 6.45) is 0. The van der Waals surface area contributed by atoms with Gasteiger partial charge in [0.05, 0.1) is 12.8 Å². The number of imidazole rings is 1. The molecule has 1 aromatic carbocycles. The van der Waals surface area contributed by atoms with Gasteiger partial charge in [-0.2, -0.15) is 9.61 Å². The van der Waals surface area contributed by atoms with E-state index in [4.69, 9.17) is 4.74 Å². The molecule has 0 saturated carbocycles. The van der Waals surface area contributed by atoms with E-state index in [1.807, 2.05) is 17.5 Å². The van der Waals surface area contributed by atoms with E-state index in [2.05, 4.69) is 32.7 Å². The second-order valence-electron chi connectivity index (χ2n) is 3.98. The third-order valence-electron chi connectivity index (χ3n) is 2.73. The second-order valence-corrected chi connectivity index (χ2v) is 5.95. The van der Waals surface area contributed by atoms with Gasteiger partial charge in [-0.15, -0.1) is 0 Å². The predicted molar refractivity (Wildman–Crippen MR) is 82.0 cm³/mol. The van der Waals surface area contributed by atoms with Gasteiger partial charge in [-0.25, -0.2) is 4.98 Å². The van der Waals surface area contributed by atoms with Crippen molar-refractivity contribution in [3.63, 3.8) is 0 Å². The van der Waals surface area contributed by atoms with Crippen molar-refractivity contribution in [3.05, 3.63) is 27.6 Å². The van der Waals surface area contributed by atoms with Crippen LogP contribution in [0.3, 0.4) is 0 Å². The minimum atomic E-state index is 0.123. The van der Waals surface area contributed by atoms with Crippen LogP contribution in [-0.4, -0.2) is 26.8 Å². The largest absolute Gasteiger partial charge is 0.504 e. The highest BCUT2D eigenvalue weighted by Gasteiger charge is 2.14. The van der Waals surface area contributed by atoms with Gasteiger partial charge >= 0.3 is 0 Å². The smallest absolute Gasteiger partial charge is 0.213 e. The Morgan fingerprint density at radius 1 is 1.42 bits per heavy atom. The lowest BCUT2D eigenvalue weighted by Crippen LogP contribution is -1.89. The molecular formula is C12H10IN3O2S. The number of aromatic hydroxyl groups is 1. The van der Waals surface area contributed by atoms with E-state index in [0.29, 0.717) is 5.75 Å². The van der Waals surface area contributed by atoms with Crippen LogP contribution >= 0.6 is 33.9 Å². The molecule has 0 radical (unpaired) electrons. The Hall–Kier alpha value is -1.35. The lowest BCUT2D eigenvalue weighted by Gasteiger charge is -2.04. The van der Waals surface area contributed by atoms with E-state index in [9.17, 15) is 5.11 Å². The average molecular weight is 387 g/mol. The van der Waals surface area contributed by atoms with E-state index in [1.165, 1.54) is 18.4 Å². The normalized spacial score (nSPS) is 11.1. The van der Waals surface area contributed by atoms with Gasteiger partial charge in [-0.05, 0) is 47.7 Å². The molecule has 5 nitrogen and oxygen atoms in total. The summed E-state index contributed by atoms with van der Waals surface area (Å²) in [5.41, 5.74) is 1.88. The van der Waals surface area contributed by atoms with Gasteiger partial charge in [0.2, 0.25) is 4.96 Å². The van der Waals surface area contributed by atoms with E-state index < -0.39 is 0 Å². The number of hydrogen-bond donors (Lipinski definition) is 1. The van der Waals surface area contributed by atoms with E-state index in [-0.39, 0.29) is 5.75 Å². The van der Waals surface area contributed by atoms with E-state index in [1.54, 1.807) is 12.1 Å². The minimum Gasteiger partial charge on any atom is -0.504 e. The number of aryl methyl sites for hydroxylation is 1. The molecule has 0 fully saturated rings. The summed E-state index contributed by atoms with van der Waals surface area (Å²) >= 11 is 3.74. The van der Waals surface area contributed by atoms with Gasteiger partial charge in [-0.1, -0.05) is 11.3 Å². The molecule has 7 heteroatoms. The minimum absolute atomic E-state index is 0.123. The first-order valence-electron chi connectivity index (χ1n) is 5.49. The van der Waals surface area contributed by atoms with Crippen molar-refractivity contribution >= 4 is 38.9 Å². The first-order valence-corrected chi connectivity index (χ1v) is 7.38. The quantitative estimate of drug-likeness (QED) is 0.687. The predicted octanol–water partition coefficient (Wildman–Crippen LogP) is 3.09. The van der Waals surface area contributed by atoms with Gasteiger partial charge in [0, 0.05) is 5.56 Å². The highest BCUT2D eigenvalue weighted by Crippen LogP contribution is 2.33. The van der Waals surface area contributed by atoms with Crippen LogP contribution in [0.15, 0.2) is 18.2 Å². The Bertz CT molecular complexity index is 766. The number of nitrogens with zero attached hydrogens (tertiary/aromatic N) is 3. The van der Waals surface area contributed by atoms with Crippen LogP contribution in [0.25, 0.3) is 15.5 Å². The number of halogens is 1. The number of phenols is 1. The molecular weight excluding hydrogens is 377 g/mol. The van der Waals surface area contributed by atoms with Crippen LogP contribution in [0, 0.1) is 10.6 Å². The lowest BCUT2D eigenvalue weighted by molar-refractivity contribution is 0.373. The molecule has 0 aliphatic heterocycles. The molecule has 0 atom stereocenters. The van der Waals surface area contributed by atoms with Gasteiger partial charge in [0.15, 0.2) is 11.5 Å². The van der Waals surface area contributed by atoms with Crippen molar-refractivity contribution in [2.24, 2.45) is 0 Å². The number of benzene rings is 1. The molecule has 2 heterocycles. The summed E-state index contributed by atoms with van der Waals surface area (Å²) in [6.45, 7) is 1.96. The Kier molecular flexibility index (Phi) is 3.09. The highest BCUT2D eigenvalue weighted by molar-refractivity contribution is 14.1. The number of aromatic nitrogens is 3. The van der Waals surface area contributed by atoms with Crippen LogP contribution in [0.1, 0.15) is 5.69 Å². The molecule has 3 rings (SSSR count). The summed E-state index contributed by atoms with van der Waals surface area (Å²) in [6, 6.07) is 5.19. The SMILES string of the molecule is COc1cc(-c2nn3c(I)c(C)nc3s2)ccc1O. The molecule has 0 saturated heterocycles. The number of methoxy groups -OCH3 is 1. The second kappa shape index (κ2) is 4.64. The number of hydrogen-bond acceptors (Lipinski definition) is 5. The number of rotatable bonds is 2. The van der Waals surface area contributed by atoms with Crippen LogP contribution in [0.4, 0.5) is 0 Å². The van der Waals surface area contributed by atoms with Crippen molar-refractivity contribution in [1.29, 1.82) is 0 Å². The van der Waals surface area contributed by atoms with Crippen LogP contribution in [0.5, 0.6) is 11.5 Å². The molecule has 0 bridgehead atoms. The highest BCUT2D eigenvalue weighted by atomic mass is 127. The van der Waals surface area contributed by atoms with E-state index in [0.717, 1.165) is 24.9 Å². The van der Waals surface area contributed by atoms with Crippen molar-refractivity contribution < 1.29 is 9.84 Å². The van der Waals surface area contributed by atoms with Crippen LogP contribution < -0.4 is 4.74 Å². The van der Waals surface area contributed by atoms with Gasteiger partial charge in [-0.3, -0.25) is 0 Å². The molecule has 0 aliphatic carbocycles. The number of ether oxygens (including phenoxy) is 1. The van der Waals surface area contributed by atoms with E-state index >= 15 is 0 Å². The van der Waals surface area contributed by atoms with Crippen molar-refractivity contribution in [2.75, 3.05) is 7.11 Å². The number of fused-ring (bicyclic) bond motifs is 1. The maximum absolute atomic E-state index is 9.60. The zero-order chi connectivity index (χ0) is 13.6. The Morgan fingerprint density at radius 2 is 2.21 bits per heavy atom. The molecule has 3 aromatic rings. The maximum Gasteiger partial charge on any atom is 0.213 e. The third kappa shape index (κ3) is 2.06. The van der Waals surface area contributed by atoms with Crippen molar-refractivity contribution in [1.82, 2.24) is 14.6 Å². The lowest BCUT2D eigenvalue weighted by atomic mass is 10.2. The molecule has 0 unspecified atom stereocenters. The first kappa shape index (κ1) is 12.7. The molecule has 2 aromatic heterocycles. The maximum atomic E-state index is 9.60. The van der Waals surface area contributed by atoms with Crippen molar-refractivity contribution in [2.45, 2.75) is 6.92 Å². The Balaban J connectivity index is 2.13. The topological polar surface area (TPSA) is 59.7 Å². The fourth-order valence-corrected chi connectivity index (χ4v) is 3.31. The third-order valence-corrected chi connectivity index (χ3v) is 4.93. The Labute approximate surface area is 127 Å². The zero-order valence-electron chi connectivity index (χ0n) is 10.2. The van der Waals surface area contributed by atoms with Crippen LogP contribution in [0.2, 0.25) is 0 Å². The molecule has 1 N–H and O–H groups in total. The molecule has 0 amide bonds. The summed E-state index contributed by atoms with van der Waals surface area (Å²) in [5.74, 6) is 0.564. The molecule has 19 heavy (non-hydrogen) atoms. The van der Waals surface area contributed by atoms with Gasteiger partial charge < -0.3 is 9.84 Å². The monoisotopic (exact) mass is 387 g/mol. The summed E-state index contributed by atoms with van der Waals surface area (Å²) in [4.78, 5) is 5.31. The molecule has 0 aliphatic rings.